The second-order valence-corrected chi connectivity index (χ2v) is 9.61. The first-order chi connectivity index (χ1) is 15.7. The molecule has 1 aromatic carbocycles. The maximum atomic E-state index is 12.6. The summed E-state index contributed by atoms with van der Waals surface area (Å²) in [6.45, 7) is 11.7. The molecule has 2 aromatic rings. The third-order valence-corrected chi connectivity index (χ3v) is 5.59. The van der Waals surface area contributed by atoms with E-state index < -0.39 is 5.60 Å². The zero-order valence-corrected chi connectivity index (χ0v) is 21.2. The van der Waals surface area contributed by atoms with Gasteiger partial charge in [0.25, 0.3) is 5.91 Å². The Morgan fingerprint density at radius 3 is 2.58 bits per heavy atom. The van der Waals surface area contributed by atoms with E-state index in [1.807, 2.05) is 37.6 Å². The highest BCUT2D eigenvalue weighted by molar-refractivity contribution is 6.00. The van der Waals surface area contributed by atoms with Crippen molar-refractivity contribution in [3.8, 4) is 0 Å². The first-order valence-corrected chi connectivity index (χ1v) is 12.2. The average molecular weight is 460 g/mol. The maximum Gasteiger partial charge on any atom is 0.306 e. The number of nitrogens with zero attached hydrogens (tertiary/aromatic N) is 2. The molecule has 2 rings (SSSR count). The molecule has 0 fully saturated rings. The van der Waals surface area contributed by atoms with E-state index in [0.717, 1.165) is 55.1 Å². The van der Waals surface area contributed by atoms with Crippen molar-refractivity contribution >= 4 is 22.8 Å². The van der Waals surface area contributed by atoms with Gasteiger partial charge in [0.1, 0.15) is 5.60 Å². The molecule has 0 spiro atoms. The Hall–Kier alpha value is -2.41. The van der Waals surface area contributed by atoms with E-state index >= 15 is 0 Å². The molecule has 0 aliphatic carbocycles. The summed E-state index contributed by atoms with van der Waals surface area (Å²) in [4.78, 5) is 24.7. The second kappa shape index (κ2) is 12.7. The summed E-state index contributed by atoms with van der Waals surface area (Å²) in [5, 5.41) is 8.73. The molecule has 33 heavy (non-hydrogen) atoms. The Kier molecular flexibility index (Phi) is 10.4. The summed E-state index contributed by atoms with van der Waals surface area (Å²) in [5.74, 6) is 0.227. The lowest BCUT2D eigenvalue weighted by molar-refractivity contribution is -0.155. The van der Waals surface area contributed by atoms with Crippen LogP contribution in [0.1, 0.15) is 82.6 Å². The number of nitrogens with one attached hydrogen (secondary N) is 1. The summed E-state index contributed by atoms with van der Waals surface area (Å²) < 4.78 is 12.5. The number of fused-ring (bicyclic) bond motifs is 1. The SMILES string of the molecule is CCCC(CCCC(=O)OC(C)(C)C)Cn1cc2c(CC)c(C(=O)NCCOC)ccc2n1. The van der Waals surface area contributed by atoms with Gasteiger partial charge in [0, 0.05) is 43.8 Å². The number of esters is 1. The number of methoxy groups -OCH3 is 1. The van der Waals surface area contributed by atoms with Crippen molar-refractivity contribution < 1.29 is 19.1 Å². The maximum absolute atomic E-state index is 12.6. The van der Waals surface area contributed by atoms with Crippen molar-refractivity contribution in [1.29, 1.82) is 0 Å². The van der Waals surface area contributed by atoms with Gasteiger partial charge in [-0.05, 0) is 70.1 Å². The fourth-order valence-electron chi connectivity index (χ4n) is 4.18. The Morgan fingerprint density at radius 2 is 1.94 bits per heavy atom. The zero-order chi connectivity index (χ0) is 24.4. The lowest BCUT2D eigenvalue weighted by Crippen LogP contribution is -2.27. The van der Waals surface area contributed by atoms with Gasteiger partial charge in [0.2, 0.25) is 0 Å². The van der Waals surface area contributed by atoms with E-state index in [9.17, 15) is 9.59 Å². The molecule has 1 atom stereocenters. The van der Waals surface area contributed by atoms with Crippen LogP contribution in [-0.4, -0.2) is 47.5 Å². The minimum Gasteiger partial charge on any atom is -0.460 e. The number of benzene rings is 1. The van der Waals surface area contributed by atoms with E-state index in [1.165, 1.54) is 0 Å². The fourth-order valence-corrected chi connectivity index (χ4v) is 4.18. The number of carbonyl (C=O) groups is 2. The van der Waals surface area contributed by atoms with Gasteiger partial charge in [-0.15, -0.1) is 0 Å². The van der Waals surface area contributed by atoms with Gasteiger partial charge in [0.15, 0.2) is 0 Å². The molecule has 0 aliphatic rings. The standard InChI is InChI=1S/C26H41N3O4/c1-7-10-19(11-9-12-24(30)33-26(3,4)5)17-29-18-22-20(8-2)21(13-14-23(22)28-29)25(31)27-15-16-32-6/h13-14,18-19H,7-12,15-17H2,1-6H3,(H,27,31). The molecular weight excluding hydrogens is 418 g/mol. The Labute approximate surface area is 198 Å². The predicted molar refractivity (Wildman–Crippen MR) is 131 cm³/mol. The van der Waals surface area contributed by atoms with E-state index in [0.29, 0.717) is 31.1 Å². The van der Waals surface area contributed by atoms with Crippen LogP contribution in [0.25, 0.3) is 10.9 Å². The van der Waals surface area contributed by atoms with Crippen LogP contribution in [0.3, 0.4) is 0 Å². The quantitative estimate of drug-likeness (QED) is 0.340. The van der Waals surface area contributed by atoms with Crippen LogP contribution in [0.15, 0.2) is 18.3 Å². The fraction of sp³-hybridized carbons (Fsp3) is 0.654. The van der Waals surface area contributed by atoms with E-state index in [2.05, 4.69) is 25.4 Å². The molecule has 0 saturated carbocycles. The number of hydrogen-bond acceptors (Lipinski definition) is 5. The molecule has 7 nitrogen and oxygen atoms in total. The zero-order valence-electron chi connectivity index (χ0n) is 21.2. The highest BCUT2D eigenvalue weighted by atomic mass is 16.6. The number of amides is 1. The van der Waals surface area contributed by atoms with Crippen LogP contribution in [0, 0.1) is 5.92 Å². The largest absolute Gasteiger partial charge is 0.460 e. The first-order valence-electron chi connectivity index (χ1n) is 12.2. The molecule has 0 saturated heterocycles. The van der Waals surface area contributed by atoms with Gasteiger partial charge in [-0.2, -0.15) is 5.10 Å². The minimum absolute atomic E-state index is 0.0791. The van der Waals surface area contributed by atoms with Crippen molar-refractivity contribution in [1.82, 2.24) is 15.1 Å². The van der Waals surface area contributed by atoms with Gasteiger partial charge < -0.3 is 14.8 Å². The summed E-state index contributed by atoms with van der Waals surface area (Å²) in [6.07, 6.45) is 7.20. The third-order valence-electron chi connectivity index (χ3n) is 5.59. The Balaban J connectivity index is 2.09. The van der Waals surface area contributed by atoms with Gasteiger partial charge in [-0.25, -0.2) is 0 Å². The number of ether oxygens (including phenoxy) is 2. The van der Waals surface area contributed by atoms with E-state index in [4.69, 9.17) is 14.6 Å². The van der Waals surface area contributed by atoms with Crippen molar-refractivity contribution in [2.45, 2.75) is 85.3 Å². The molecule has 1 amide bonds. The Bertz CT molecular complexity index is 914. The molecule has 0 aliphatic heterocycles. The van der Waals surface area contributed by atoms with Crippen LogP contribution in [0.5, 0.6) is 0 Å². The highest BCUT2D eigenvalue weighted by Crippen LogP contribution is 2.25. The Morgan fingerprint density at radius 1 is 1.18 bits per heavy atom. The molecule has 1 aromatic heterocycles. The molecule has 1 N–H and O–H groups in total. The monoisotopic (exact) mass is 459 g/mol. The first kappa shape index (κ1) is 26.8. The van der Waals surface area contributed by atoms with Gasteiger partial charge >= 0.3 is 5.97 Å². The second-order valence-electron chi connectivity index (χ2n) is 9.61. The van der Waals surface area contributed by atoms with Crippen molar-refractivity contribution in [2.24, 2.45) is 5.92 Å². The molecule has 1 heterocycles. The molecule has 0 radical (unpaired) electrons. The number of aryl methyl sites for hydroxylation is 1. The number of carbonyl (C=O) groups excluding carboxylic acids is 2. The summed E-state index contributed by atoms with van der Waals surface area (Å²) in [6, 6.07) is 3.79. The predicted octanol–water partition coefficient (Wildman–Crippen LogP) is 4.90. The van der Waals surface area contributed by atoms with E-state index in [-0.39, 0.29) is 11.9 Å². The number of aromatic nitrogens is 2. The normalized spacial score (nSPS) is 12.7. The lowest BCUT2D eigenvalue weighted by atomic mass is 9.97. The van der Waals surface area contributed by atoms with Crippen LogP contribution >= 0.6 is 0 Å². The van der Waals surface area contributed by atoms with Crippen LogP contribution in [0.4, 0.5) is 0 Å². The minimum atomic E-state index is -0.439. The van der Waals surface area contributed by atoms with Crippen molar-refractivity contribution in [3.05, 3.63) is 29.5 Å². The molecule has 7 heteroatoms. The summed E-state index contributed by atoms with van der Waals surface area (Å²) in [7, 11) is 1.62. The van der Waals surface area contributed by atoms with Gasteiger partial charge in [-0.1, -0.05) is 20.3 Å². The van der Waals surface area contributed by atoms with Gasteiger partial charge in [0.05, 0.1) is 12.1 Å². The third kappa shape index (κ3) is 8.46. The average Bonchev–Trinajstić information content (AvgIpc) is 3.14. The lowest BCUT2D eigenvalue weighted by Gasteiger charge is -2.20. The number of hydrogen-bond donors (Lipinski definition) is 1. The molecule has 0 bridgehead atoms. The van der Waals surface area contributed by atoms with E-state index in [1.54, 1.807) is 7.11 Å². The van der Waals surface area contributed by atoms with Crippen LogP contribution in [0.2, 0.25) is 0 Å². The topological polar surface area (TPSA) is 82.5 Å². The summed E-state index contributed by atoms with van der Waals surface area (Å²) >= 11 is 0. The molecular formula is C26H41N3O4. The number of rotatable bonds is 13. The summed E-state index contributed by atoms with van der Waals surface area (Å²) in [5.41, 5.74) is 2.18. The van der Waals surface area contributed by atoms with Crippen molar-refractivity contribution in [2.75, 3.05) is 20.3 Å². The molecule has 1 unspecified atom stereocenters. The van der Waals surface area contributed by atoms with Crippen molar-refractivity contribution in [3.63, 3.8) is 0 Å². The smallest absolute Gasteiger partial charge is 0.306 e. The molecule has 184 valence electrons. The van der Waals surface area contributed by atoms with Crippen LogP contribution < -0.4 is 5.32 Å². The van der Waals surface area contributed by atoms with Gasteiger partial charge in [-0.3, -0.25) is 14.3 Å². The van der Waals surface area contributed by atoms with Crippen LogP contribution in [-0.2, 0) is 27.2 Å². The highest BCUT2D eigenvalue weighted by Gasteiger charge is 2.18.